The van der Waals surface area contributed by atoms with Crippen LogP contribution >= 0.6 is 0 Å². The van der Waals surface area contributed by atoms with Crippen molar-refractivity contribution in [1.29, 1.82) is 0 Å². The van der Waals surface area contributed by atoms with Gasteiger partial charge in [-0.15, -0.1) is 0 Å². The molecule has 6 heteroatoms. The van der Waals surface area contributed by atoms with Crippen LogP contribution in [0.25, 0.3) is 0 Å². The zero-order valence-electron chi connectivity index (χ0n) is 13.1. The molecule has 6 nitrogen and oxygen atoms in total. The van der Waals surface area contributed by atoms with E-state index in [1.54, 1.807) is 13.0 Å². The number of carbonyl (C=O) groups is 1. The highest BCUT2D eigenvalue weighted by atomic mass is 16.5. The summed E-state index contributed by atoms with van der Waals surface area (Å²) < 4.78 is 16.3. The largest absolute Gasteiger partial charge is 0.478 e. The van der Waals surface area contributed by atoms with Crippen molar-refractivity contribution in [3.05, 3.63) is 23.2 Å². The van der Waals surface area contributed by atoms with E-state index < -0.39 is 5.97 Å². The number of aryl methyl sites for hydroxylation is 1. The number of furan rings is 1. The molecule has 0 spiro atoms. The van der Waals surface area contributed by atoms with Crippen molar-refractivity contribution in [2.24, 2.45) is 0 Å². The summed E-state index contributed by atoms with van der Waals surface area (Å²) in [6.07, 6.45) is 0. The molecule has 1 rings (SSSR count). The van der Waals surface area contributed by atoms with E-state index in [0.29, 0.717) is 44.5 Å². The number of carboxylic acids is 1. The molecule has 0 aliphatic heterocycles. The Labute approximate surface area is 125 Å². The van der Waals surface area contributed by atoms with Crippen molar-refractivity contribution in [2.45, 2.75) is 27.3 Å². The van der Waals surface area contributed by atoms with Crippen molar-refractivity contribution >= 4 is 5.97 Å². The highest BCUT2D eigenvalue weighted by molar-refractivity contribution is 5.88. The number of ether oxygens (including phenoxy) is 2. The molecule has 0 atom stereocenters. The topological polar surface area (TPSA) is 72.1 Å². The van der Waals surface area contributed by atoms with Crippen LogP contribution in [-0.2, 0) is 16.0 Å². The van der Waals surface area contributed by atoms with Crippen LogP contribution in [0.2, 0.25) is 0 Å². The Bertz CT molecular complexity index is 420. The van der Waals surface area contributed by atoms with E-state index in [9.17, 15) is 4.79 Å². The number of nitrogens with zero attached hydrogens (tertiary/aromatic N) is 1. The molecule has 0 radical (unpaired) electrons. The maximum absolute atomic E-state index is 11.0. The van der Waals surface area contributed by atoms with Crippen LogP contribution in [-0.4, -0.2) is 55.5 Å². The monoisotopic (exact) mass is 299 g/mol. The van der Waals surface area contributed by atoms with Crippen LogP contribution in [0.5, 0.6) is 0 Å². The lowest BCUT2D eigenvalue weighted by Crippen LogP contribution is -2.30. The van der Waals surface area contributed by atoms with E-state index in [4.69, 9.17) is 19.0 Å². The predicted molar refractivity (Wildman–Crippen MR) is 78.7 cm³/mol. The van der Waals surface area contributed by atoms with Gasteiger partial charge in [-0.3, -0.25) is 4.90 Å². The van der Waals surface area contributed by atoms with Crippen LogP contribution < -0.4 is 0 Å². The Morgan fingerprint density at radius 1 is 1.24 bits per heavy atom. The molecule has 1 heterocycles. The fourth-order valence-corrected chi connectivity index (χ4v) is 2.00. The number of carboxylic acid groups (broad SMARTS) is 1. The van der Waals surface area contributed by atoms with Crippen molar-refractivity contribution in [3.8, 4) is 0 Å². The van der Waals surface area contributed by atoms with E-state index >= 15 is 0 Å². The lowest BCUT2D eigenvalue weighted by Gasteiger charge is -2.20. The lowest BCUT2D eigenvalue weighted by atomic mass is 10.2. The number of hydrogen-bond acceptors (Lipinski definition) is 5. The fourth-order valence-electron chi connectivity index (χ4n) is 2.00. The third-order valence-corrected chi connectivity index (χ3v) is 3.09. The standard InChI is InChI=1S/C15H25NO5/c1-4-19-8-6-16(7-9-20-5-2)11-13-10-14(15(17)18)12(3)21-13/h10H,4-9,11H2,1-3H3,(H,17,18). The third kappa shape index (κ3) is 6.29. The van der Waals surface area contributed by atoms with Gasteiger partial charge in [-0.25, -0.2) is 4.79 Å². The molecule has 0 saturated carbocycles. The van der Waals surface area contributed by atoms with Crippen LogP contribution in [0.15, 0.2) is 10.5 Å². The minimum atomic E-state index is -0.960. The molecule has 0 fully saturated rings. The van der Waals surface area contributed by atoms with Gasteiger partial charge in [-0.2, -0.15) is 0 Å². The molecule has 0 aliphatic rings. The Hall–Kier alpha value is -1.37. The van der Waals surface area contributed by atoms with Gasteiger partial charge in [0.05, 0.1) is 19.8 Å². The van der Waals surface area contributed by atoms with E-state index in [1.165, 1.54) is 0 Å². The van der Waals surface area contributed by atoms with E-state index in [1.807, 2.05) is 13.8 Å². The molecule has 0 amide bonds. The quantitative estimate of drug-likeness (QED) is 0.631. The smallest absolute Gasteiger partial charge is 0.339 e. The molecule has 0 aromatic carbocycles. The molecule has 1 aromatic rings. The van der Waals surface area contributed by atoms with Crippen molar-refractivity contribution in [2.75, 3.05) is 39.5 Å². The highest BCUT2D eigenvalue weighted by Crippen LogP contribution is 2.16. The first kappa shape index (κ1) is 17.7. The van der Waals surface area contributed by atoms with Crippen LogP contribution in [0.3, 0.4) is 0 Å². The number of rotatable bonds is 11. The van der Waals surface area contributed by atoms with Gasteiger partial charge in [0.15, 0.2) is 0 Å². The van der Waals surface area contributed by atoms with Crippen molar-refractivity contribution in [1.82, 2.24) is 4.90 Å². The average molecular weight is 299 g/mol. The summed E-state index contributed by atoms with van der Waals surface area (Å²) in [4.78, 5) is 13.2. The zero-order chi connectivity index (χ0) is 15.7. The first-order valence-corrected chi connectivity index (χ1v) is 7.28. The van der Waals surface area contributed by atoms with Crippen molar-refractivity contribution < 1.29 is 23.8 Å². The minimum absolute atomic E-state index is 0.222. The molecule has 21 heavy (non-hydrogen) atoms. The summed E-state index contributed by atoms with van der Waals surface area (Å²) in [5.41, 5.74) is 0.222. The molecule has 0 bridgehead atoms. The second-order valence-corrected chi connectivity index (χ2v) is 4.66. The summed E-state index contributed by atoms with van der Waals surface area (Å²) in [6.45, 7) is 10.3. The van der Waals surface area contributed by atoms with Gasteiger partial charge in [0, 0.05) is 26.3 Å². The predicted octanol–water partition coefficient (Wildman–Crippen LogP) is 2.16. The van der Waals surface area contributed by atoms with Crippen LogP contribution in [0.4, 0.5) is 0 Å². The second kappa shape index (κ2) is 9.55. The van der Waals surface area contributed by atoms with Gasteiger partial charge in [0.1, 0.15) is 17.1 Å². The summed E-state index contributed by atoms with van der Waals surface area (Å²) in [5, 5.41) is 9.05. The van der Waals surface area contributed by atoms with Crippen LogP contribution in [0.1, 0.15) is 35.7 Å². The first-order chi connectivity index (χ1) is 10.1. The number of hydrogen-bond donors (Lipinski definition) is 1. The highest BCUT2D eigenvalue weighted by Gasteiger charge is 2.16. The first-order valence-electron chi connectivity index (χ1n) is 7.28. The normalized spacial score (nSPS) is 11.2. The Kier molecular flexibility index (Phi) is 8.04. The minimum Gasteiger partial charge on any atom is -0.478 e. The lowest BCUT2D eigenvalue weighted by molar-refractivity contribution is 0.0695. The zero-order valence-corrected chi connectivity index (χ0v) is 13.1. The molecular formula is C15H25NO5. The van der Waals surface area contributed by atoms with Crippen LogP contribution in [0, 0.1) is 6.92 Å². The van der Waals surface area contributed by atoms with Gasteiger partial charge in [0.25, 0.3) is 0 Å². The molecule has 0 saturated heterocycles. The van der Waals surface area contributed by atoms with Crippen molar-refractivity contribution in [3.63, 3.8) is 0 Å². The Morgan fingerprint density at radius 2 is 1.81 bits per heavy atom. The molecule has 120 valence electrons. The Balaban J connectivity index is 2.60. The second-order valence-electron chi connectivity index (χ2n) is 4.66. The summed E-state index contributed by atoms with van der Waals surface area (Å²) in [6, 6.07) is 1.59. The summed E-state index contributed by atoms with van der Waals surface area (Å²) in [7, 11) is 0. The average Bonchev–Trinajstić information content (AvgIpc) is 2.80. The summed E-state index contributed by atoms with van der Waals surface area (Å²) >= 11 is 0. The van der Waals surface area contributed by atoms with Gasteiger partial charge < -0.3 is 19.0 Å². The SMILES string of the molecule is CCOCCN(CCOCC)Cc1cc(C(=O)O)c(C)o1. The van der Waals surface area contributed by atoms with E-state index in [0.717, 1.165) is 13.1 Å². The Morgan fingerprint density at radius 3 is 2.24 bits per heavy atom. The molecule has 0 aliphatic carbocycles. The fraction of sp³-hybridized carbons (Fsp3) is 0.667. The maximum Gasteiger partial charge on any atom is 0.339 e. The third-order valence-electron chi connectivity index (χ3n) is 3.09. The van der Waals surface area contributed by atoms with E-state index in [2.05, 4.69) is 4.90 Å². The number of aromatic carboxylic acids is 1. The molecule has 0 unspecified atom stereocenters. The molecule has 1 aromatic heterocycles. The van der Waals surface area contributed by atoms with Gasteiger partial charge >= 0.3 is 5.97 Å². The maximum atomic E-state index is 11.0. The van der Waals surface area contributed by atoms with Gasteiger partial charge in [-0.05, 0) is 26.8 Å². The van der Waals surface area contributed by atoms with Gasteiger partial charge in [0.2, 0.25) is 0 Å². The van der Waals surface area contributed by atoms with E-state index in [-0.39, 0.29) is 5.56 Å². The molecular weight excluding hydrogens is 274 g/mol. The molecule has 1 N–H and O–H groups in total. The van der Waals surface area contributed by atoms with Gasteiger partial charge in [-0.1, -0.05) is 0 Å². The summed E-state index contributed by atoms with van der Waals surface area (Å²) in [5.74, 6) is 0.127.